The lowest BCUT2D eigenvalue weighted by molar-refractivity contribution is 0.390. The van der Waals surface area contributed by atoms with Gasteiger partial charge in [-0.2, -0.15) is 11.8 Å². The summed E-state index contributed by atoms with van der Waals surface area (Å²) in [6.07, 6.45) is 0. The molecule has 1 fully saturated rings. The third kappa shape index (κ3) is 2.33. The largest absolute Gasteiger partial charge is 0.484 e. The molecule has 0 spiro atoms. The second-order valence-corrected chi connectivity index (χ2v) is 5.93. The smallest absolute Gasteiger partial charge is 0.194 e. The molecule has 12 heavy (non-hydrogen) atoms. The monoisotopic (exact) mass is 205 g/mol. The molecule has 2 nitrogen and oxygen atoms in total. The highest BCUT2D eigenvalue weighted by Gasteiger charge is 2.28. The average Bonchev–Trinajstić information content (AvgIpc) is 2.08. The number of nitrogens with one attached hydrogen (secondary N) is 1. The third-order valence-electron chi connectivity index (χ3n) is 2.06. The number of methoxy groups -OCH3 is 1. The number of thioether (sulfide) groups is 2. The van der Waals surface area contributed by atoms with Gasteiger partial charge in [-0.05, 0) is 0 Å². The molecule has 0 radical (unpaired) electrons. The Labute approximate surface area is 82.3 Å². The molecule has 1 N–H and O–H groups in total. The van der Waals surface area contributed by atoms with Crippen LogP contribution in [0.1, 0.15) is 13.8 Å². The van der Waals surface area contributed by atoms with Gasteiger partial charge in [0.05, 0.1) is 12.4 Å². The molecular formula is C8H15NOS2. The van der Waals surface area contributed by atoms with E-state index in [0.29, 0.717) is 16.4 Å². The van der Waals surface area contributed by atoms with Crippen LogP contribution in [-0.4, -0.2) is 34.5 Å². The maximum atomic E-state index is 7.53. The first kappa shape index (κ1) is 10.3. The first-order valence-corrected chi connectivity index (χ1v) is 6.03. The van der Waals surface area contributed by atoms with Crippen LogP contribution in [0.15, 0.2) is 0 Å². The van der Waals surface area contributed by atoms with E-state index in [-0.39, 0.29) is 5.25 Å². The Kier molecular flexibility index (Phi) is 3.77. The first-order chi connectivity index (χ1) is 5.65. The highest BCUT2D eigenvalue weighted by atomic mass is 32.2. The summed E-state index contributed by atoms with van der Waals surface area (Å²) in [6.45, 7) is 4.46. The summed E-state index contributed by atoms with van der Waals surface area (Å²) in [6, 6.07) is 0. The van der Waals surface area contributed by atoms with Crippen molar-refractivity contribution >= 4 is 29.4 Å². The number of rotatable bonds is 1. The molecule has 1 aliphatic heterocycles. The molecule has 1 saturated heterocycles. The zero-order valence-corrected chi connectivity index (χ0v) is 9.30. The third-order valence-corrected chi connectivity index (χ3v) is 5.45. The Bertz CT molecular complexity index is 174. The van der Waals surface area contributed by atoms with Gasteiger partial charge in [0, 0.05) is 16.3 Å². The lowest BCUT2D eigenvalue weighted by Gasteiger charge is -2.30. The second-order valence-electron chi connectivity index (χ2n) is 2.94. The van der Waals surface area contributed by atoms with Crippen molar-refractivity contribution in [2.45, 2.75) is 29.6 Å². The number of hydrogen-bond donors (Lipinski definition) is 1. The van der Waals surface area contributed by atoms with Crippen LogP contribution in [0.2, 0.25) is 0 Å². The van der Waals surface area contributed by atoms with E-state index in [1.807, 2.05) is 23.5 Å². The van der Waals surface area contributed by atoms with Gasteiger partial charge in [0.15, 0.2) is 5.90 Å². The van der Waals surface area contributed by atoms with Crippen molar-refractivity contribution in [1.82, 2.24) is 0 Å². The van der Waals surface area contributed by atoms with Crippen LogP contribution in [0.25, 0.3) is 0 Å². The van der Waals surface area contributed by atoms with Gasteiger partial charge in [0.25, 0.3) is 0 Å². The molecule has 3 atom stereocenters. The summed E-state index contributed by atoms with van der Waals surface area (Å²) >= 11 is 3.79. The Morgan fingerprint density at radius 2 is 2.08 bits per heavy atom. The van der Waals surface area contributed by atoms with Crippen LogP contribution in [0.3, 0.4) is 0 Å². The van der Waals surface area contributed by atoms with Crippen LogP contribution in [0.5, 0.6) is 0 Å². The van der Waals surface area contributed by atoms with Gasteiger partial charge in [-0.1, -0.05) is 13.8 Å². The lowest BCUT2D eigenvalue weighted by atomic mass is 10.4. The van der Waals surface area contributed by atoms with Crippen LogP contribution >= 0.6 is 23.5 Å². The van der Waals surface area contributed by atoms with Crippen molar-refractivity contribution in [2.75, 3.05) is 12.9 Å². The molecule has 0 aromatic carbocycles. The van der Waals surface area contributed by atoms with Crippen LogP contribution < -0.4 is 0 Å². The van der Waals surface area contributed by atoms with E-state index < -0.39 is 0 Å². The highest BCUT2D eigenvalue weighted by Crippen LogP contribution is 2.35. The van der Waals surface area contributed by atoms with E-state index in [9.17, 15) is 0 Å². The molecule has 3 unspecified atom stereocenters. The molecule has 0 amide bonds. The Morgan fingerprint density at radius 3 is 2.58 bits per heavy atom. The lowest BCUT2D eigenvalue weighted by Crippen LogP contribution is -2.31. The zero-order chi connectivity index (χ0) is 9.14. The maximum absolute atomic E-state index is 7.53. The van der Waals surface area contributed by atoms with Crippen molar-refractivity contribution in [3.05, 3.63) is 0 Å². The molecule has 70 valence electrons. The summed E-state index contributed by atoms with van der Waals surface area (Å²) in [4.78, 5) is 0. The molecule has 1 heterocycles. The van der Waals surface area contributed by atoms with Gasteiger partial charge in [-0.25, -0.2) is 0 Å². The van der Waals surface area contributed by atoms with Crippen molar-refractivity contribution in [3.63, 3.8) is 0 Å². The van der Waals surface area contributed by atoms with E-state index >= 15 is 0 Å². The van der Waals surface area contributed by atoms with Crippen molar-refractivity contribution in [3.8, 4) is 0 Å². The van der Waals surface area contributed by atoms with E-state index in [1.165, 1.54) is 0 Å². The van der Waals surface area contributed by atoms with Crippen molar-refractivity contribution in [2.24, 2.45) is 0 Å². The Balaban J connectivity index is 2.45. The predicted molar refractivity (Wildman–Crippen MR) is 57.5 cm³/mol. The summed E-state index contributed by atoms with van der Waals surface area (Å²) in [5.41, 5.74) is 0. The topological polar surface area (TPSA) is 33.1 Å². The Hall–Kier alpha value is 0.170. The molecule has 0 bridgehead atoms. The minimum Gasteiger partial charge on any atom is -0.484 e. The number of ether oxygens (including phenoxy) is 1. The predicted octanol–water partition coefficient (Wildman–Crippen LogP) is 2.24. The maximum Gasteiger partial charge on any atom is 0.194 e. The highest BCUT2D eigenvalue weighted by molar-refractivity contribution is 8.07. The quantitative estimate of drug-likeness (QED) is 0.526. The fraction of sp³-hybridized carbons (Fsp3) is 0.875. The van der Waals surface area contributed by atoms with Gasteiger partial charge >= 0.3 is 0 Å². The molecular weight excluding hydrogens is 190 g/mol. The summed E-state index contributed by atoms with van der Waals surface area (Å²) in [5, 5.41) is 9.13. The molecule has 1 rings (SSSR count). The van der Waals surface area contributed by atoms with Gasteiger partial charge in [0.2, 0.25) is 0 Å². The summed E-state index contributed by atoms with van der Waals surface area (Å²) in [7, 11) is 1.58. The molecule has 0 aromatic rings. The molecule has 1 aliphatic rings. The van der Waals surface area contributed by atoms with E-state index in [2.05, 4.69) is 13.8 Å². The summed E-state index contributed by atoms with van der Waals surface area (Å²) in [5.74, 6) is 1.44. The van der Waals surface area contributed by atoms with Gasteiger partial charge < -0.3 is 4.74 Å². The SMILES string of the molecule is COC(=N)C1CSC(C)C(C)S1. The second kappa shape index (κ2) is 4.42. The van der Waals surface area contributed by atoms with Crippen LogP contribution in [0, 0.1) is 5.41 Å². The fourth-order valence-electron chi connectivity index (χ4n) is 1.05. The first-order valence-electron chi connectivity index (χ1n) is 4.04. The van der Waals surface area contributed by atoms with Crippen LogP contribution in [0.4, 0.5) is 0 Å². The van der Waals surface area contributed by atoms with E-state index in [1.54, 1.807) is 7.11 Å². The molecule has 4 heteroatoms. The molecule has 0 aliphatic carbocycles. The fourth-order valence-corrected chi connectivity index (χ4v) is 3.89. The zero-order valence-electron chi connectivity index (χ0n) is 7.66. The van der Waals surface area contributed by atoms with Crippen molar-refractivity contribution in [1.29, 1.82) is 5.41 Å². The minimum atomic E-state index is 0.270. The van der Waals surface area contributed by atoms with Gasteiger partial charge in [0.1, 0.15) is 0 Å². The number of hydrogen-bond acceptors (Lipinski definition) is 4. The van der Waals surface area contributed by atoms with Gasteiger partial charge in [-0.3, -0.25) is 5.41 Å². The van der Waals surface area contributed by atoms with E-state index in [0.717, 1.165) is 5.75 Å². The van der Waals surface area contributed by atoms with Crippen molar-refractivity contribution < 1.29 is 4.74 Å². The van der Waals surface area contributed by atoms with E-state index in [4.69, 9.17) is 10.1 Å². The van der Waals surface area contributed by atoms with Crippen LogP contribution in [-0.2, 0) is 4.74 Å². The summed E-state index contributed by atoms with van der Waals surface area (Å²) < 4.78 is 4.92. The standard InChI is InChI=1S/C8H15NOS2/c1-5-6(2)12-7(4-11-5)8(9)10-3/h5-7,9H,4H2,1-3H3. The molecule has 0 saturated carbocycles. The Morgan fingerprint density at radius 1 is 1.42 bits per heavy atom. The average molecular weight is 205 g/mol. The minimum absolute atomic E-state index is 0.270. The normalized spacial score (nSPS) is 36.1. The molecule has 0 aromatic heterocycles. The van der Waals surface area contributed by atoms with Gasteiger partial charge in [-0.15, -0.1) is 11.8 Å².